The lowest BCUT2D eigenvalue weighted by atomic mass is 10.00. The first kappa shape index (κ1) is 22.2. The van der Waals surface area contributed by atoms with E-state index in [1.165, 1.54) is 0 Å². The van der Waals surface area contributed by atoms with Gasteiger partial charge in [-0.15, -0.1) is 18.5 Å². The van der Waals surface area contributed by atoms with Crippen LogP contribution in [-0.2, 0) is 11.5 Å². The lowest BCUT2D eigenvalue weighted by Crippen LogP contribution is -2.12. The van der Waals surface area contributed by atoms with Crippen molar-refractivity contribution in [2.75, 3.05) is 7.11 Å². The Labute approximate surface area is 181 Å². The molecule has 1 heterocycles. The number of aromatic nitrogens is 1. The number of primary amides is 1. The van der Waals surface area contributed by atoms with Crippen molar-refractivity contribution in [2.45, 2.75) is 25.4 Å². The van der Waals surface area contributed by atoms with Gasteiger partial charge in [-0.25, -0.2) is 0 Å². The molecule has 0 saturated carbocycles. The van der Waals surface area contributed by atoms with Crippen molar-refractivity contribution in [1.29, 1.82) is 0 Å². The fraction of sp³-hybridized carbons (Fsp3) is 0.217. The quantitative estimate of drug-likeness (QED) is 0.542. The van der Waals surface area contributed by atoms with Gasteiger partial charge in [0.2, 0.25) is 5.91 Å². The summed E-state index contributed by atoms with van der Waals surface area (Å²) in [5, 5.41) is 0. The van der Waals surface area contributed by atoms with Gasteiger partial charge in [0, 0.05) is 45.6 Å². The number of hydrogen-bond donors (Lipinski definition) is 1. The monoisotopic (exact) mass is 440 g/mol. The van der Waals surface area contributed by atoms with Crippen LogP contribution in [0, 0.1) is 6.92 Å². The minimum Gasteiger partial charge on any atom is -0.496 e. The van der Waals surface area contributed by atoms with Crippen LogP contribution in [0.2, 0.25) is 0 Å². The van der Waals surface area contributed by atoms with Crippen LogP contribution in [-0.4, -0.2) is 18.0 Å². The zero-order valence-electron chi connectivity index (χ0n) is 17.3. The molecule has 0 saturated heterocycles. The van der Waals surface area contributed by atoms with Crippen LogP contribution < -0.4 is 15.2 Å². The van der Waals surface area contributed by atoms with Gasteiger partial charge in [0.05, 0.1) is 7.11 Å². The van der Waals surface area contributed by atoms with E-state index < -0.39 is 5.91 Å². The second-order valence-corrected chi connectivity index (χ2v) is 10.5. The molecule has 0 aliphatic heterocycles. The van der Waals surface area contributed by atoms with Crippen molar-refractivity contribution < 1.29 is 14.3 Å². The number of ether oxygens (including phenoxy) is 2. The van der Waals surface area contributed by atoms with Crippen molar-refractivity contribution in [3.05, 3.63) is 77.1 Å². The highest BCUT2D eigenvalue weighted by molar-refractivity contribution is 7.38. The number of aryl methyl sites for hydroxylation is 1. The maximum atomic E-state index is 11.4. The van der Waals surface area contributed by atoms with Crippen molar-refractivity contribution in [1.82, 2.24) is 4.98 Å². The Bertz CT molecular complexity index is 1080. The molecule has 0 bridgehead atoms. The zero-order valence-corrected chi connectivity index (χ0v) is 19.6. The lowest BCUT2D eigenvalue weighted by molar-refractivity contribution is 0.0999. The van der Waals surface area contributed by atoms with Gasteiger partial charge in [0.25, 0.3) is 0 Å². The third-order valence-electron chi connectivity index (χ3n) is 4.78. The number of hydrogen-bond acceptors (Lipinski definition) is 4. The number of carbonyl (C=O) groups excluding carboxylic acids is 1. The number of amides is 1. The van der Waals surface area contributed by atoms with E-state index in [2.05, 4.69) is 30.4 Å². The van der Waals surface area contributed by atoms with Crippen LogP contribution >= 0.6 is 18.5 Å². The molecule has 1 amide bonds. The van der Waals surface area contributed by atoms with Crippen LogP contribution in [0.4, 0.5) is 0 Å². The van der Waals surface area contributed by atoms with Crippen LogP contribution in [0.1, 0.15) is 34.0 Å². The van der Waals surface area contributed by atoms with E-state index in [0.717, 1.165) is 39.3 Å². The average molecular weight is 440 g/mol. The number of methoxy groups -OCH3 is 1. The highest BCUT2D eigenvalue weighted by Crippen LogP contribution is 2.43. The summed E-state index contributed by atoms with van der Waals surface area (Å²) in [4.78, 5) is 15.6. The summed E-state index contributed by atoms with van der Waals surface area (Å²) in [5.74, 6) is 1.07. The number of carbonyl (C=O) groups is 1. The summed E-state index contributed by atoms with van der Waals surface area (Å²) in [6, 6.07) is 13.4. The van der Waals surface area contributed by atoms with Crippen LogP contribution in [0.25, 0.3) is 11.1 Å². The van der Waals surface area contributed by atoms with Crippen LogP contribution in [0.15, 0.2) is 54.9 Å². The third kappa shape index (κ3) is 5.16. The van der Waals surface area contributed by atoms with E-state index in [1.54, 1.807) is 25.6 Å². The number of nitrogens with zero attached hydrogens (tertiary/aromatic N) is 1. The van der Waals surface area contributed by atoms with Crippen molar-refractivity contribution >= 4 is 24.4 Å². The van der Waals surface area contributed by atoms with Gasteiger partial charge in [-0.3, -0.25) is 9.78 Å². The molecular formula is C23H26N2O3P2. The summed E-state index contributed by atoms with van der Waals surface area (Å²) in [6.45, 7) is 4.33. The van der Waals surface area contributed by atoms with Crippen molar-refractivity contribution in [3.63, 3.8) is 0 Å². The Hall–Kier alpha value is -2.48. The van der Waals surface area contributed by atoms with Gasteiger partial charge in [-0.2, -0.15) is 0 Å². The SMILES string of the molecule is COc1cc(OCc2cncc(-c3ccc(C(N)=O)c(C)c3)c2)ccc1C(C)(P)P. The van der Waals surface area contributed by atoms with Gasteiger partial charge in [-0.1, -0.05) is 18.2 Å². The average Bonchev–Trinajstić information content (AvgIpc) is 2.71. The Morgan fingerprint density at radius 2 is 1.87 bits per heavy atom. The van der Waals surface area contributed by atoms with Crippen LogP contribution in [0.5, 0.6) is 11.5 Å². The summed E-state index contributed by atoms with van der Waals surface area (Å²) < 4.78 is 11.5. The molecule has 0 aliphatic carbocycles. The summed E-state index contributed by atoms with van der Waals surface area (Å²) >= 11 is 0. The molecule has 0 spiro atoms. The lowest BCUT2D eigenvalue weighted by Gasteiger charge is -2.22. The fourth-order valence-electron chi connectivity index (χ4n) is 3.22. The molecular weight excluding hydrogens is 414 g/mol. The van der Waals surface area contributed by atoms with E-state index >= 15 is 0 Å². The van der Waals surface area contributed by atoms with E-state index in [-0.39, 0.29) is 4.90 Å². The van der Waals surface area contributed by atoms with Gasteiger partial charge in [0.15, 0.2) is 0 Å². The highest BCUT2D eigenvalue weighted by atomic mass is 31.1. The number of benzene rings is 2. The van der Waals surface area contributed by atoms with Crippen LogP contribution in [0.3, 0.4) is 0 Å². The van der Waals surface area contributed by atoms with Gasteiger partial charge in [-0.05, 0) is 43.2 Å². The van der Waals surface area contributed by atoms with Crippen molar-refractivity contribution in [3.8, 4) is 22.6 Å². The highest BCUT2D eigenvalue weighted by Gasteiger charge is 2.19. The maximum Gasteiger partial charge on any atom is 0.248 e. The normalized spacial score (nSPS) is 11.2. The molecule has 156 valence electrons. The molecule has 0 aliphatic rings. The number of rotatable bonds is 7. The summed E-state index contributed by atoms with van der Waals surface area (Å²) in [6.07, 6.45) is 3.57. The van der Waals surface area contributed by atoms with E-state index in [0.29, 0.717) is 12.2 Å². The first-order valence-electron chi connectivity index (χ1n) is 9.43. The summed E-state index contributed by atoms with van der Waals surface area (Å²) in [5.41, 5.74) is 10.7. The van der Waals surface area contributed by atoms with Gasteiger partial charge < -0.3 is 15.2 Å². The molecule has 0 fully saturated rings. The topological polar surface area (TPSA) is 74.4 Å². The molecule has 2 unspecified atom stereocenters. The number of nitrogens with two attached hydrogens (primary N) is 1. The molecule has 3 rings (SSSR count). The smallest absolute Gasteiger partial charge is 0.248 e. The Balaban J connectivity index is 1.78. The fourth-order valence-corrected chi connectivity index (χ4v) is 3.69. The minimum absolute atomic E-state index is 0.176. The van der Waals surface area contributed by atoms with Crippen molar-refractivity contribution in [2.24, 2.45) is 5.73 Å². The zero-order chi connectivity index (χ0) is 21.9. The molecule has 7 heteroatoms. The van der Waals surface area contributed by atoms with E-state index in [9.17, 15) is 4.79 Å². The molecule has 5 nitrogen and oxygen atoms in total. The first-order chi connectivity index (χ1) is 14.2. The summed E-state index contributed by atoms with van der Waals surface area (Å²) in [7, 11) is 7.24. The Morgan fingerprint density at radius 1 is 1.10 bits per heavy atom. The standard InChI is InChI=1S/C23H26N2O3P2/c1-14-8-16(4-6-19(14)22(24)26)17-9-15(11-25-12-17)13-28-18-5-7-20(23(2,29)30)21(10-18)27-3/h4-12H,13,29-30H2,1-3H3,(H2,24,26). The predicted octanol–water partition coefficient (Wildman–Crippen LogP) is 4.67. The first-order valence-corrected chi connectivity index (χ1v) is 10.6. The molecule has 0 radical (unpaired) electrons. The Morgan fingerprint density at radius 3 is 2.50 bits per heavy atom. The molecule has 2 aromatic carbocycles. The second-order valence-electron chi connectivity index (χ2n) is 7.41. The van der Waals surface area contributed by atoms with E-state index in [1.807, 2.05) is 43.3 Å². The number of pyridine rings is 1. The van der Waals surface area contributed by atoms with Gasteiger partial charge in [0.1, 0.15) is 18.1 Å². The molecule has 3 aromatic rings. The van der Waals surface area contributed by atoms with Gasteiger partial charge >= 0.3 is 0 Å². The Kier molecular flexibility index (Phi) is 6.75. The predicted molar refractivity (Wildman–Crippen MR) is 127 cm³/mol. The molecule has 2 atom stereocenters. The third-order valence-corrected chi connectivity index (χ3v) is 5.40. The molecule has 1 aromatic heterocycles. The minimum atomic E-state index is -0.426. The maximum absolute atomic E-state index is 11.4. The van der Waals surface area contributed by atoms with E-state index in [4.69, 9.17) is 15.2 Å². The largest absolute Gasteiger partial charge is 0.496 e. The molecule has 30 heavy (non-hydrogen) atoms. The second kappa shape index (κ2) is 9.12. The molecule has 2 N–H and O–H groups in total.